The molecule has 50 valence electrons. The summed E-state index contributed by atoms with van der Waals surface area (Å²) in [5, 5.41) is 0. The van der Waals surface area contributed by atoms with Crippen LogP contribution in [0.4, 0.5) is 0 Å². The number of ketones is 1. The van der Waals surface area contributed by atoms with E-state index in [0.29, 0.717) is 11.7 Å². The molecular weight excluding hydrogens is 114 g/mol. The lowest BCUT2D eigenvalue weighted by molar-refractivity contribution is -0.122. The molecule has 2 heteroatoms. The molecule has 0 heterocycles. The van der Waals surface area contributed by atoms with Crippen molar-refractivity contribution in [1.82, 2.24) is 0 Å². The molecule has 2 rings (SSSR count). The van der Waals surface area contributed by atoms with Crippen LogP contribution < -0.4 is 5.73 Å². The standard InChI is InChI=1S/C7H11NO/c8-6-2-4-1-5(6)7(9)3-4/h4-6H,1-3,8H2. The minimum Gasteiger partial charge on any atom is -0.327 e. The van der Waals surface area contributed by atoms with Crippen molar-refractivity contribution in [2.24, 2.45) is 17.6 Å². The zero-order chi connectivity index (χ0) is 6.43. The predicted molar refractivity (Wildman–Crippen MR) is 33.8 cm³/mol. The van der Waals surface area contributed by atoms with E-state index in [-0.39, 0.29) is 12.0 Å². The summed E-state index contributed by atoms with van der Waals surface area (Å²) in [6.07, 6.45) is 2.99. The highest BCUT2D eigenvalue weighted by atomic mass is 16.1. The zero-order valence-electron chi connectivity index (χ0n) is 5.34. The van der Waals surface area contributed by atoms with Crippen molar-refractivity contribution < 1.29 is 4.79 Å². The Kier molecular flexibility index (Phi) is 0.943. The lowest BCUT2D eigenvalue weighted by Crippen LogP contribution is -2.32. The van der Waals surface area contributed by atoms with E-state index in [0.717, 1.165) is 19.3 Å². The van der Waals surface area contributed by atoms with E-state index in [1.165, 1.54) is 0 Å². The summed E-state index contributed by atoms with van der Waals surface area (Å²) in [5.41, 5.74) is 5.69. The predicted octanol–water partition coefficient (Wildman–Crippen LogP) is 0.313. The molecule has 9 heavy (non-hydrogen) atoms. The first kappa shape index (κ1) is 5.42. The molecule has 0 aromatic rings. The molecule has 2 aliphatic carbocycles. The number of hydrogen-bond donors (Lipinski definition) is 1. The fourth-order valence-electron chi connectivity index (χ4n) is 2.15. The molecule has 0 amide bonds. The van der Waals surface area contributed by atoms with Gasteiger partial charge in [0.1, 0.15) is 5.78 Å². The van der Waals surface area contributed by atoms with Crippen LogP contribution in [0.5, 0.6) is 0 Å². The smallest absolute Gasteiger partial charge is 0.137 e. The molecule has 2 N–H and O–H groups in total. The number of carbonyl (C=O) groups is 1. The fourth-order valence-corrected chi connectivity index (χ4v) is 2.15. The van der Waals surface area contributed by atoms with Gasteiger partial charge in [-0.1, -0.05) is 0 Å². The van der Waals surface area contributed by atoms with Crippen LogP contribution in [0.3, 0.4) is 0 Å². The van der Waals surface area contributed by atoms with Crippen molar-refractivity contribution in [2.75, 3.05) is 0 Å². The lowest BCUT2D eigenvalue weighted by Gasteiger charge is -2.14. The van der Waals surface area contributed by atoms with Crippen LogP contribution in [0.2, 0.25) is 0 Å². The van der Waals surface area contributed by atoms with Crippen molar-refractivity contribution >= 4 is 5.78 Å². The van der Waals surface area contributed by atoms with E-state index in [2.05, 4.69) is 0 Å². The molecule has 2 nitrogen and oxygen atoms in total. The van der Waals surface area contributed by atoms with E-state index in [9.17, 15) is 4.79 Å². The van der Waals surface area contributed by atoms with Gasteiger partial charge in [0.2, 0.25) is 0 Å². The molecule has 2 fully saturated rings. The summed E-state index contributed by atoms with van der Waals surface area (Å²) in [6, 6.07) is 0.205. The summed E-state index contributed by atoms with van der Waals surface area (Å²) < 4.78 is 0. The highest BCUT2D eigenvalue weighted by Crippen LogP contribution is 2.40. The van der Waals surface area contributed by atoms with E-state index in [4.69, 9.17) is 5.73 Å². The second-order valence-electron chi connectivity index (χ2n) is 3.28. The maximum absolute atomic E-state index is 11.0. The number of carbonyl (C=O) groups excluding carboxylic acids is 1. The Morgan fingerprint density at radius 2 is 2.22 bits per heavy atom. The topological polar surface area (TPSA) is 43.1 Å². The summed E-state index contributed by atoms with van der Waals surface area (Å²) in [5.74, 6) is 1.31. The van der Waals surface area contributed by atoms with Gasteiger partial charge in [0.15, 0.2) is 0 Å². The number of nitrogens with two attached hydrogens (primary N) is 1. The minimum absolute atomic E-state index is 0.205. The van der Waals surface area contributed by atoms with Gasteiger partial charge in [0.05, 0.1) is 0 Å². The third kappa shape index (κ3) is 0.628. The molecule has 2 bridgehead atoms. The maximum atomic E-state index is 11.0. The average Bonchev–Trinajstić information content (AvgIpc) is 2.22. The van der Waals surface area contributed by atoms with Crippen LogP contribution in [0, 0.1) is 11.8 Å². The van der Waals surface area contributed by atoms with E-state index < -0.39 is 0 Å². The van der Waals surface area contributed by atoms with Crippen molar-refractivity contribution in [3.8, 4) is 0 Å². The normalized spacial score (nSPS) is 48.6. The van der Waals surface area contributed by atoms with Crippen molar-refractivity contribution in [3.05, 3.63) is 0 Å². The third-order valence-electron chi connectivity index (χ3n) is 2.61. The first-order valence-electron chi connectivity index (χ1n) is 3.55. The van der Waals surface area contributed by atoms with Crippen LogP contribution in [0.1, 0.15) is 19.3 Å². The maximum Gasteiger partial charge on any atom is 0.137 e. The van der Waals surface area contributed by atoms with Gasteiger partial charge >= 0.3 is 0 Å². The molecule has 2 saturated carbocycles. The minimum atomic E-state index is 0.205. The molecule has 0 saturated heterocycles. The van der Waals surface area contributed by atoms with Gasteiger partial charge in [-0.15, -0.1) is 0 Å². The zero-order valence-corrected chi connectivity index (χ0v) is 5.34. The lowest BCUT2D eigenvalue weighted by atomic mass is 9.95. The monoisotopic (exact) mass is 125 g/mol. The fraction of sp³-hybridized carbons (Fsp3) is 0.857. The highest BCUT2D eigenvalue weighted by Gasteiger charge is 2.43. The van der Waals surface area contributed by atoms with Gasteiger partial charge in [-0.05, 0) is 18.8 Å². The molecular formula is C7H11NO. The van der Waals surface area contributed by atoms with Crippen LogP contribution in [-0.2, 0) is 4.79 Å². The van der Waals surface area contributed by atoms with Crippen LogP contribution in [0.15, 0.2) is 0 Å². The van der Waals surface area contributed by atoms with Gasteiger partial charge in [-0.2, -0.15) is 0 Å². The first-order chi connectivity index (χ1) is 4.27. The van der Waals surface area contributed by atoms with Crippen LogP contribution >= 0.6 is 0 Å². The molecule has 0 radical (unpaired) electrons. The SMILES string of the molecule is NC1CC2CC(=O)C1C2. The number of fused-ring (bicyclic) bond motifs is 2. The van der Waals surface area contributed by atoms with Crippen LogP contribution in [0.25, 0.3) is 0 Å². The summed E-state index contributed by atoms with van der Waals surface area (Å²) >= 11 is 0. The molecule has 0 aromatic heterocycles. The Morgan fingerprint density at radius 3 is 2.56 bits per heavy atom. The summed E-state index contributed by atoms with van der Waals surface area (Å²) in [6.45, 7) is 0. The third-order valence-corrected chi connectivity index (χ3v) is 2.61. The molecule has 2 aliphatic rings. The van der Waals surface area contributed by atoms with E-state index >= 15 is 0 Å². The second kappa shape index (κ2) is 1.57. The molecule has 0 aliphatic heterocycles. The summed E-state index contributed by atoms with van der Waals surface area (Å²) in [4.78, 5) is 11.0. The number of hydrogen-bond acceptors (Lipinski definition) is 2. The molecule has 3 atom stereocenters. The Bertz CT molecular complexity index is 155. The number of rotatable bonds is 0. The van der Waals surface area contributed by atoms with Crippen molar-refractivity contribution in [1.29, 1.82) is 0 Å². The van der Waals surface area contributed by atoms with Crippen LogP contribution in [-0.4, -0.2) is 11.8 Å². The molecule has 3 unspecified atom stereocenters. The Hall–Kier alpha value is -0.370. The van der Waals surface area contributed by atoms with Gasteiger partial charge in [0.25, 0.3) is 0 Å². The number of Topliss-reactive ketones (excluding diaryl/α,β-unsaturated/α-hetero) is 1. The molecule has 0 spiro atoms. The van der Waals surface area contributed by atoms with Crippen molar-refractivity contribution in [3.63, 3.8) is 0 Å². The Morgan fingerprint density at radius 1 is 1.44 bits per heavy atom. The van der Waals surface area contributed by atoms with E-state index in [1.807, 2.05) is 0 Å². The molecule has 0 aromatic carbocycles. The summed E-state index contributed by atoms with van der Waals surface area (Å²) in [7, 11) is 0. The second-order valence-corrected chi connectivity index (χ2v) is 3.28. The van der Waals surface area contributed by atoms with Crippen molar-refractivity contribution in [2.45, 2.75) is 25.3 Å². The largest absolute Gasteiger partial charge is 0.327 e. The Labute approximate surface area is 54.4 Å². The Balaban J connectivity index is 2.21. The van der Waals surface area contributed by atoms with Gasteiger partial charge in [-0.25, -0.2) is 0 Å². The average molecular weight is 125 g/mol. The van der Waals surface area contributed by atoms with Gasteiger partial charge in [-0.3, -0.25) is 4.79 Å². The van der Waals surface area contributed by atoms with Gasteiger partial charge in [0, 0.05) is 18.4 Å². The van der Waals surface area contributed by atoms with E-state index in [1.54, 1.807) is 0 Å². The quantitative estimate of drug-likeness (QED) is 0.506. The van der Waals surface area contributed by atoms with Gasteiger partial charge < -0.3 is 5.73 Å². The first-order valence-corrected chi connectivity index (χ1v) is 3.55. The highest BCUT2D eigenvalue weighted by molar-refractivity contribution is 5.85.